The minimum Gasteiger partial charge on any atom is -0.379 e. The Morgan fingerprint density at radius 3 is 2.76 bits per heavy atom. The maximum atomic E-state index is 12.6. The van der Waals surface area contributed by atoms with Gasteiger partial charge in [0.15, 0.2) is 0 Å². The molecule has 5 heteroatoms. The van der Waals surface area contributed by atoms with E-state index in [4.69, 9.17) is 4.74 Å². The van der Waals surface area contributed by atoms with Crippen LogP contribution in [0, 0.1) is 5.92 Å². The number of nitrogens with one attached hydrogen (secondary N) is 1. The highest BCUT2D eigenvalue weighted by atomic mass is 16.5. The van der Waals surface area contributed by atoms with Gasteiger partial charge in [-0.2, -0.15) is 0 Å². The van der Waals surface area contributed by atoms with Crippen molar-refractivity contribution in [2.75, 3.05) is 27.3 Å². The Hall–Kier alpha value is -2.24. The Labute approximate surface area is 149 Å². The summed E-state index contributed by atoms with van der Waals surface area (Å²) >= 11 is 0. The molecule has 25 heavy (non-hydrogen) atoms. The SMILES string of the molecule is CN(C)Cc1cccc(C(=O)N[C@@H]2COC[C@H]2Cc2ccncc2)c1. The quantitative estimate of drug-likeness (QED) is 0.876. The molecule has 0 saturated carbocycles. The van der Waals surface area contributed by atoms with E-state index in [9.17, 15) is 4.79 Å². The normalized spacial score (nSPS) is 20.0. The van der Waals surface area contributed by atoms with Gasteiger partial charge in [-0.1, -0.05) is 12.1 Å². The van der Waals surface area contributed by atoms with Crippen LogP contribution in [0.2, 0.25) is 0 Å². The fourth-order valence-electron chi connectivity index (χ4n) is 3.21. The molecule has 1 amide bonds. The van der Waals surface area contributed by atoms with Crippen LogP contribution in [0.1, 0.15) is 21.5 Å². The summed E-state index contributed by atoms with van der Waals surface area (Å²) in [6, 6.07) is 11.9. The number of ether oxygens (including phenoxy) is 1. The van der Waals surface area contributed by atoms with Crippen molar-refractivity contribution < 1.29 is 9.53 Å². The van der Waals surface area contributed by atoms with Crippen molar-refractivity contribution in [3.05, 3.63) is 65.5 Å². The van der Waals surface area contributed by atoms with Crippen LogP contribution in [0.5, 0.6) is 0 Å². The number of amides is 1. The molecular weight excluding hydrogens is 314 g/mol. The van der Waals surface area contributed by atoms with Gasteiger partial charge in [0.2, 0.25) is 0 Å². The highest BCUT2D eigenvalue weighted by molar-refractivity contribution is 5.94. The van der Waals surface area contributed by atoms with Crippen LogP contribution in [0.25, 0.3) is 0 Å². The average Bonchev–Trinajstić information content (AvgIpc) is 3.02. The third kappa shape index (κ3) is 4.87. The van der Waals surface area contributed by atoms with Gasteiger partial charge >= 0.3 is 0 Å². The number of nitrogens with zero attached hydrogens (tertiary/aromatic N) is 2. The Kier molecular flexibility index (Phi) is 5.79. The Bertz CT molecular complexity index is 703. The van der Waals surface area contributed by atoms with Crippen molar-refractivity contribution >= 4 is 5.91 Å². The second kappa shape index (κ2) is 8.23. The first-order valence-corrected chi connectivity index (χ1v) is 8.63. The largest absolute Gasteiger partial charge is 0.379 e. The molecule has 1 N–H and O–H groups in total. The van der Waals surface area contributed by atoms with E-state index in [-0.39, 0.29) is 17.9 Å². The summed E-state index contributed by atoms with van der Waals surface area (Å²) in [7, 11) is 4.04. The molecule has 0 unspecified atom stereocenters. The fraction of sp³-hybridized carbons (Fsp3) is 0.400. The lowest BCUT2D eigenvalue weighted by Gasteiger charge is -2.19. The number of pyridine rings is 1. The number of carbonyl (C=O) groups is 1. The Morgan fingerprint density at radius 2 is 2.00 bits per heavy atom. The van der Waals surface area contributed by atoms with Gasteiger partial charge in [-0.15, -0.1) is 0 Å². The average molecular weight is 339 g/mol. The molecule has 0 aliphatic carbocycles. The van der Waals surface area contributed by atoms with Gasteiger partial charge in [0.05, 0.1) is 19.3 Å². The topological polar surface area (TPSA) is 54.5 Å². The van der Waals surface area contributed by atoms with Crippen molar-refractivity contribution in [3.63, 3.8) is 0 Å². The molecule has 0 bridgehead atoms. The highest BCUT2D eigenvalue weighted by Crippen LogP contribution is 2.19. The molecule has 2 heterocycles. The van der Waals surface area contributed by atoms with E-state index in [2.05, 4.69) is 15.2 Å². The smallest absolute Gasteiger partial charge is 0.251 e. The maximum absolute atomic E-state index is 12.6. The van der Waals surface area contributed by atoms with Crippen LogP contribution < -0.4 is 5.32 Å². The van der Waals surface area contributed by atoms with Gasteiger partial charge in [-0.05, 0) is 55.9 Å². The summed E-state index contributed by atoms with van der Waals surface area (Å²) in [5, 5.41) is 3.15. The van der Waals surface area contributed by atoms with E-state index in [1.54, 1.807) is 12.4 Å². The summed E-state index contributed by atoms with van der Waals surface area (Å²) in [5.41, 5.74) is 3.06. The predicted molar refractivity (Wildman–Crippen MR) is 97.3 cm³/mol. The van der Waals surface area contributed by atoms with Gasteiger partial charge in [0.1, 0.15) is 0 Å². The lowest BCUT2D eigenvalue weighted by molar-refractivity contribution is 0.0925. The van der Waals surface area contributed by atoms with Gasteiger partial charge in [0.25, 0.3) is 5.91 Å². The number of carbonyl (C=O) groups excluding carboxylic acids is 1. The molecule has 5 nitrogen and oxygen atoms in total. The molecule has 1 aliphatic rings. The molecule has 2 atom stereocenters. The molecule has 1 aliphatic heterocycles. The zero-order chi connectivity index (χ0) is 17.6. The first-order valence-electron chi connectivity index (χ1n) is 8.63. The zero-order valence-corrected chi connectivity index (χ0v) is 14.8. The molecule has 0 radical (unpaired) electrons. The van der Waals surface area contributed by atoms with Crippen molar-refractivity contribution in [2.45, 2.75) is 19.0 Å². The van der Waals surface area contributed by atoms with Crippen molar-refractivity contribution in [1.29, 1.82) is 0 Å². The van der Waals surface area contributed by atoms with Gasteiger partial charge < -0.3 is 15.0 Å². The second-order valence-electron chi connectivity index (χ2n) is 6.88. The van der Waals surface area contributed by atoms with E-state index in [0.29, 0.717) is 18.8 Å². The molecule has 1 saturated heterocycles. The third-order valence-electron chi connectivity index (χ3n) is 4.45. The lowest BCUT2D eigenvalue weighted by Crippen LogP contribution is -2.40. The zero-order valence-electron chi connectivity index (χ0n) is 14.8. The molecule has 0 spiro atoms. The maximum Gasteiger partial charge on any atom is 0.251 e. The lowest BCUT2D eigenvalue weighted by atomic mass is 9.95. The fourth-order valence-corrected chi connectivity index (χ4v) is 3.21. The Balaban J connectivity index is 1.63. The number of rotatable bonds is 6. The summed E-state index contributed by atoms with van der Waals surface area (Å²) < 4.78 is 5.62. The molecule has 3 rings (SSSR count). The Morgan fingerprint density at radius 1 is 1.20 bits per heavy atom. The van der Waals surface area contributed by atoms with E-state index in [0.717, 1.165) is 18.5 Å². The van der Waals surface area contributed by atoms with Crippen LogP contribution in [-0.4, -0.2) is 49.1 Å². The second-order valence-corrected chi connectivity index (χ2v) is 6.88. The molecule has 1 aromatic heterocycles. The van der Waals surface area contributed by atoms with Crippen molar-refractivity contribution in [1.82, 2.24) is 15.2 Å². The monoisotopic (exact) mass is 339 g/mol. The summed E-state index contributed by atoms with van der Waals surface area (Å²) in [5.74, 6) is 0.257. The van der Waals surface area contributed by atoms with Crippen molar-refractivity contribution in [3.8, 4) is 0 Å². The van der Waals surface area contributed by atoms with Gasteiger partial charge in [-0.25, -0.2) is 0 Å². The molecule has 2 aromatic rings. The summed E-state index contributed by atoms with van der Waals surface area (Å²) in [4.78, 5) is 18.8. The number of hydrogen-bond acceptors (Lipinski definition) is 4. The minimum atomic E-state index is -0.0316. The van der Waals surface area contributed by atoms with Crippen LogP contribution in [-0.2, 0) is 17.7 Å². The van der Waals surface area contributed by atoms with Crippen LogP contribution in [0.3, 0.4) is 0 Å². The molecule has 1 fully saturated rings. The summed E-state index contributed by atoms with van der Waals surface area (Å²) in [6.07, 6.45) is 4.48. The number of hydrogen-bond donors (Lipinski definition) is 1. The van der Waals surface area contributed by atoms with Crippen molar-refractivity contribution in [2.24, 2.45) is 5.92 Å². The van der Waals surface area contributed by atoms with Crippen LogP contribution in [0.15, 0.2) is 48.8 Å². The first-order chi connectivity index (χ1) is 12.1. The van der Waals surface area contributed by atoms with Crippen LogP contribution >= 0.6 is 0 Å². The highest BCUT2D eigenvalue weighted by Gasteiger charge is 2.29. The minimum absolute atomic E-state index is 0.0316. The molecular formula is C20H25N3O2. The van der Waals surface area contributed by atoms with E-state index < -0.39 is 0 Å². The van der Waals surface area contributed by atoms with Crippen LogP contribution in [0.4, 0.5) is 0 Å². The first kappa shape index (κ1) is 17.6. The van der Waals surface area contributed by atoms with E-state index in [1.807, 2.05) is 50.5 Å². The molecule has 1 aromatic carbocycles. The van der Waals surface area contributed by atoms with E-state index >= 15 is 0 Å². The van der Waals surface area contributed by atoms with E-state index in [1.165, 1.54) is 5.56 Å². The third-order valence-corrected chi connectivity index (χ3v) is 4.45. The predicted octanol–water partition coefficient (Wildman–Crippen LogP) is 2.13. The molecule has 132 valence electrons. The number of benzene rings is 1. The summed E-state index contributed by atoms with van der Waals surface area (Å²) in [6.45, 7) is 2.06. The van der Waals surface area contributed by atoms with Gasteiger partial charge in [-0.3, -0.25) is 9.78 Å². The standard InChI is InChI=1S/C20H25N3O2/c1-23(2)12-16-4-3-5-17(11-16)20(24)22-19-14-25-13-18(19)10-15-6-8-21-9-7-15/h3-9,11,18-19H,10,12-14H2,1-2H3,(H,22,24)/t18-,19-/m1/s1. The number of aromatic nitrogens is 1. The van der Waals surface area contributed by atoms with Gasteiger partial charge in [0, 0.05) is 30.4 Å².